The number of carbonyl (C=O) groups is 1. The zero-order valence-corrected chi connectivity index (χ0v) is 15.2. The van der Waals surface area contributed by atoms with Crippen molar-refractivity contribution in [2.45, 2.75) is 60.8 Å². The molecule has 1 aromatic heterocycles. The number of unbranched alkanes of at least 4 members (excludes halogenated alkanes) is 2. The molecule has 0 radical (unpaired) electrons. The van der Waals surface area contributed by atoms with Gasteiger partial charge in [0.1, 0.15) is 5.56 Å². The maximum absolute atomic E-state index is 12.0. The molecule has 0 saturated heterocycles. The predicted octanol–water partition coefficient (Wildman–Crippen LogP) is 3.92. The molecule has 0 aliphatic rings. The Hall–Kier alpha value is -1.65. The monoisotopic (exact) mass is 309 g/mol. The number of aryl methyl sites for hydroxylation is 1. The number of ether oxygens (including phenoxy) is 1. The number of anilines is 1. The second-order valence-electron chi connectivity index (χ2n) is 4.89. The summed E-state index contributed by atoms with van der Waals surface area (Å²) in [6.07, 6.45) is 3.42. The highest BCUT2D eigenvalue weighted by molar-refractivity contribution is 5.96. The van der Waals surface area contributed by atoms with Gasteiger partial charge in [-0.25, -0.2) is 4.79 Å². The van der Waals surface area contributed by atoms with Crippen molar-refractivity contribution in [2.24, 2.45) is 0 Å². The first-order valence-corrected chi connectivity index (χ1v) is 8.23. The Labute approximate surface area is 135 Å². The van der Waals surface area contributed by atoms with Gasteiger partial charge >= 0.3 is 5.97 Å². The fourth-order valence-electron chi connectivity index (χ4n) is 2.13. The fraction of sp³-hybridized carbons (Fsp3) is 0.706. The van der Waals surface area contributed by atoms with Crippen LogP contribution in [-0.2, 0) is 4.74 Å². The third-order valence-electron chi connectivity index (χ3n) is 3.54. The second kappa shape index (κ2) is 11.0. The van der Waals surface area contributed by atoms with E-state index in [9.17, 15) is 4.79 Å². The molecule has 0 spiro atoms. The number of hydrogen-bond acceptors (Lipinski definition) is 5. The lowest BCUT2D eigenvalue weighted by atomic mass is 10.1. The summed E-state index contributed by atoms with van der Waals surface area (Å²) in [4.78, 5) is 14.1. The van der Waals surface area contributed by atoms with Crippen LogP contribution in [0.1, 0.15) is 68.6 Å². The average Bonchev–Trinajstić information content (AvgIpc) is 2.55. The van der Waals surface area contributed by atoms with Gasteiger partial charge in [0, 0.05) is 13.1 Å². The quantitative estimate of drug-likeness (QED) is 0.564. The Kier molecular flexibility index (Phi) is 10.2. The highest BCUT2D eigenvalue weighted by atomic mass is 16.5. The molecule has 0 aliphatic carbocycles. The average molecular weight is 309 g/mol. The van der Waals surface area contributed by atoms with Crippen LogP contribution in [0.4, 0.5) is 5.82 Å². The highest BCUT2D eigenvalue weighted by Gasteiger charge is 2.22. The van der Waals surface area contributed by atoms with Crippen molar-refractivity contribution in [1.29, 1.82) is 0 Å². The van der Waals surface area contributed by atoms with E-state index in [1.807, 2.05) is 27.7 Å². The van der Waals surface area contributed by atoms with E-state index < -0.39 is 0 Å². The number of esters is 1. The lowest BCUT2D eigenvalue weighted by Gasteiger charge is -2.24. The molecule has 1 aromatic rings. The molecule has 0 unspecified atom stereocenters. The Morgan fingerprint density at radius 3 is 2.27 bits per heavy atom. The predicted molar refractivity (Wildman–Crippen MR) is 91.6 cm³/mol. The highest BCUT2D eigenvalue weighted by Crippen LogP contribution is 2.23. The maximum atomic E-state index is 12.0. The molecule has 0 fully saturated rings. The third kappa shape index (κ3) is 5.28. The molecule has 126 valence electrons. The van der Waals surface area contributed by atoms with E-state index in [1.165, 1.54) is 20.0 Å². The van der Waals surface area contributed by atoms with E-state index in [-0.39, 0.29) is 5.97 Å². The standard InChI is InChI=1S/C15H25N3O2.C2H6/c1-6-8-9-10-18(7-2)14-13(15(19)20-5)11(3)12(4)16-17-14;1-2/h6-10H2,1-5H3;1-2H3. The van der Waals surface area contributed by atoms with Crippen molar-refractivity contribution < 1.29 is 9.53 Å². The molecular formula is C17H31N3O2. The largest absolute Gasteiger partial charge is 0.465 e. The van der Waals surface area contributed by atoms with Crippen molar-refractivity contribution in [3.8, 4) is 0 Å². The van der Waals surface area contributed by atoms with Gasteiger partial charge in [0.15, 0.2) is 5.82 Å². The van der Waals surface area contributed by atoms with Gasteiger partial charge in [0.2, 0.25) is 0 Å². The molecule has 0 saturated carbocycles. The van der Waals surface area contributed by atoms with Crippen LogP contribution in [-0.4, -0.2) is 36.4 Å². The summed E-state index contributed by atoms with van der Waals surface area (Å²) < 4.78 is 4.90. The molecule has 0 bridgehead atoms. The summed E-state index contributed by atoms with van der Waals surface area (Å²) in [5.74, 6) is 0.294. The number of nitrogens with zero attached hydrogens (tertiary/aromatic N) is 3. The number of methoxy groups -OCH3 is 1. The summed E-state index contributed by atoms with van der Waals surface area (Å²) in [7, 11) is 1.40. The molecular weight excluding hydrogens is 278 g/mol. The van der Waals surface area contributed by atoms with Crippen LogP contribution < -0.4 is 4.90 Å². The topological polar surface area (TPSA) is 55.3 Å². The zero-order valence-electron chi connectivity index (χ0n) is 15.2. The molecule has 0 aromatic carbocycles. The van der Waals surface area contributed by atoms with Crippen LogP contribution in [0.3, 0.4) is 0 Å². The van der Waals surface area contributed by atoms with Gasteiger partial charge in [0.25, 0.3) is 0 Å². The second-order valence-corrected chi connectivity index (χ2v) is 4.89. The summed E-state index contributed by atoms with van der Waals surface area (Å²) in [6, 6.07) is 0. The normalized spacial score (nSPS) is 9.77. The Balaban J connectivity index is 0.00000211. The smallest absolute Gasteiger partial charge is 0.342 e. The molecule has 5 heteroatoms. The minimum Gasteiger partial charge on any atom is -0.465 e. The van der Waals surface area contributed by atoms with E-state index in [4.69, 9.17) is 4.74 Å². The number of carbonyl (C=O) groups excluding carboxylic acids is 1. The number of aromatic nitrogens is 2. The van der Waals surface area contributed by atoms with Crippen molar-refractivity contribution in [2.75, 3.05) is 25.1 Å². The maximum Gasteiger partial charge on any atom is 0.342 e. The van der Waals surface area contributed by atoms with Crippen molar-refractivity contribution >= 4 is 11.8 Å². The van der Waals surface area contributed by atoms with E-state index >= 15 is 0 Å². The van der Waals surface area contributed by atoms with Crippen molar-refractivity contribution in [3.05, 3.63) is 16.8 Å². The molecule has 0 amide bonds. The molecule has 1 heterocycles. The van der Waals surface area contributed by atoms with E-state index in [1.54, 1.807) is 0 Å². The summed E-state index contributed by atoms with van der Waals surface area (Å²) in [6.45, 7) is 13.7. The first kappa shape index (κ1) is 20.3. The molecule has 22 heavy (non-hydrogen) atoms. The van der Waals surface area contributed by atoms with Crippen LogP contribution in [0.15, 0.2) is 0 Å². The molecule has 0 atom stereocenters. The Bertz CT molecular complexity index is 461. The number of hydrogen-bond donors (Lipinski definition) is 0. The van der Waals surface area contributed by atoms with Crippen LogP contribution >= 0.6 is 0 Å². The van der Waals surface area contributed by atoms with Gasteiger partial charge in [-0.05, 0) is 32.8 Å². The molecule has 5 nitrogen and oxygen atoms in total. The van der Waals surface area contributed by atoms with Gasteiger partial charge in [-0.1, -0.05) is 33.6 Å². The van der Waals surface area contributed by atoms with Crippen LogP contribution in [0.5, 0.6) is 0 Å². The SMILES string of the molecule is CC.CCCCCN(CC)c1nnc(C)c(C)c1C(=O)OC. The Morgan fingerprint density at radius 2 is 1.77 bits per heavy atom. The fourth-order valence-corrected chi connectivity index (χ4v) is 2.13. The Morgan fingerprint density at radius 1 is 1.14 bits per heavy atom. The van der Waals surface area contributed by atoms with Gasteiger partial charge < -0.3 is 9.64 Å². The first-order valence-electron chi connectivity index (χ1n) is 8.23. The number of rotatable bonds is 7. The summed E-state index contributed by atoms with van der Waals surface area (Å²) in [5, 5.41) is 8.39. The molecule has 1 rings (SSSR count). The van der Waals surface area contributed by atoms with Crippen LogP contribution in [0.2, 0.25) is 0 Å². The van der Waals surface area contributed by atoms with Crippen molar-refractivity contribution in [1.82, 2.24) is 10.2 Å². The third-order valence-corrected chi connectivity index (χ3v) is 3.54. The van der Waals surface area contributed by atoms with Crippen molar-refractivity contribution in [3.63, 3.8) is 0 Å². The lowest BCUT2D eigenvalue weighted by Crippen LogP contribution is -2.28. The van der Waals surface area contributed by atoms with E-state index in [0.29, 0.717) is 11.4 Å². The van der Waals surface area contributed by atoms with Crippen LogP contribution in [0.25, 0.3) is 0 Å². The molecule has 0 N–H and O–H groups in total. The van der Waals surface area contributed by atoms with E-state index in [2.05, 4.69) is 28.9 Å². The van der Waals surface area contributed by atoms with Crippen LogP contribution in [0, 0.1) is 13.8 Å². The minimum absolute atomic E-state index is 0.343. The molecule has 0 aliphatic heterocycles. The van der Waals surface area contributed by atoms with Gasteiger partial charge in [0.05, 0.1) is 12.8 Å². The van der Waals surface area contributed by atoms with Gasteiger partial charge in [-0.15, -0.1) is 5.10 Å². The van der Waals surface area contributed by atoms with Gasteiger partial charge in [-0.3, -0.25) is 0 Å². The first-order chi connectivity index (χ1) is 10.6. The summed E-state index contributed by atoms with van der Waals surface area (Å²) in [5.41, 5.74) is 2.15. The zero-order chi connectivity index (χ0) is 17.1. The summed E-state index contributed by atoms with van der Waals surface area (Å²) >= 11 is 0. The van der Waals surface area contributed by atoms with E-state index in [0.717, 1.165) is 30.8 Å². The lowest BCUT2D eigenvalue weighted by molar-refractivity contribution is 0.0599. The van der Waals surface area contributed by atoms with Gasteiger partial charge in [-0.2, -0.15) is 5.10 Å². The minimum atomic E-state index is -0.343.